The Morgan fingerprint density at radius 1 is 0.914 bits per heavy atom. The van der Waals surface area contributed by atoms with E-state index in [-0.39, 0.29) is 12.4 Å². The molecule has 4 rings (SSSR count). The summed E-state index contributed by atoms with van der Waals surface area (Å²) in [5, 5.41) is 0.855. The van der Waals surface area contributed by atoms with Crippen LogP contribution in [0.25, 0.3) is 20.5 Å². The van der Waals surface area contributed by atoms with Gasteiger partial charge in [-0.3, -0.25) is 8.98 Å². The summed E-state index contributed by atoms with van der Waals surface area (Å²) in [7, 11) is -0.309. The Morgan fingerprint density at radius 3 is 2.20 bits per heavy atom. The molecule has 0 N–H and O–H groups in total. The molecule has 178 valence electrons. The van der Waals surface area contributed by atoms with Crippen LogP contribution in [0.5, 0.6) is 11.5 Å². The summed E-state index contributed by atoms with van der Waals surface area (Å²) in [6.07, 6.45) is 0.972. The number of carbonyl (C=O) groups excluding carboxylic acids is 1. The van der Waals surface area contributed by atoms with Crippen molar-refractivity contribution < 1.29 is 26.9 Å². The van der Waals surface area contributed by atoms with Crippen molar-refractivity contribution in [2.45, 2.75) is 0 Å². The molecule has 35 heavy (non-hydrogen) atoms. The van der Waals surface area contributed by atoms with Crippen molar-refractivity contribution in [3.63, 3.8) is 0 Å². The van der Waals surface area contributed by atoms with Crippen LogP contribution in [0.3, 0.4) is 0 Å². The molecule has 0 saturated carbocycles. The van der Waals surface area contributed by atoms with E-state index < -0.39 is 10.1 Å². The van der Waals surface area contributed by atoms with E-state index in [1.165, 1.54) is 11.3 Å². The van der Waals surface area contributed by atoms with Crippen LogP contribution in [0.4, 0.5) is 0 Å². The molecular formula is C27H22O6S2. The van der Waals surface area contributed by atoms with Crippen molar-refractivity contribution in [3.8, 4) is 33.8 Å². The van der Waals surface area contributed by atoms with Gasteiger partial charge in [0.2, 0.25) is 0 Å². The van der Waals surface area contributed by atoms with Gasteiger partial charge < -0.3 is 9.47 Å². The monoisotopic (exact) mass is 506 g/mol. The van der Waals surface area contributed by atoms with Crippen molar-refractivity contribution in [1.29, 1.82) is 0 Å². The van der Waals surface area contributed by atoms with E-state index in [0.717, 1.165) is 38.3 Å². The average molecular weight is 507 g/mol. The number of carbonyl (C=O) groups is 1. The summed E-state index contributed by atoms with van der Waals surface area (Å²) in [6.45, 7) is -0.227. The predicted molar refractivity (Wildman–Crippen MR) is 138 cm³/mol. The van der Waals surface area contributed by atoms with Gasteiger partial charge in [-0.25, -0.2) is 0 Å². The van der Waals surface area contributed by atoms with E-state index in [1.54, 1.807) is 38.5 Å². The Bertz CT molecular complexity index is 1540. The maximum Gasteiger partial charge on any atom is 0.265 e. The van der Waals surface area contributed by atoms with E-state index in [4.69, 9.17) is 9.47 Å². The first kappa shape index (κ1) is 24.5. The third kappa shape index (κ3) is 5.72. The Labute approximate surface area is 208 Å². The number of hydrogen-bond donors (Lipinski definition) is 0. The van der Waals surface area contributed by atoms with Crippen LogP contribution in [-0.4, -0.2) is 41.3 Å². The van der Waals surface area contributed by atoms with Gasteiger partial charge >= 0.3 is 0 Å². The third-order valence-electron chi connectivity index (χ3n) is 5.20. The normalized spacial score (nSPS) is 11.1. The molecule has 0 amide bonds. The first-order valence-corrected chi connectivity index (χ1v) is 13.2. The lowest BCUT2D eigenvalue weighted by Gasteiger charge is -2.07. The van der Waals surface area contributed by atoms with Crippen molar-refractivity contribution in [2.24, 2.45) is 0 Å². The fraction of sp³-hybridized carbons (Fsp3) is 0.148. The Hall–Kier alpha value is -3.64. The number of ether oxygens (including phenoxy) is 2. The predicted octanol–water partition coefficient (Wildman–Crippen LogP) is 5.14. The van der Waals surface area contributed by atoms with Gasteiger partial charge in [-0.05, 0) is 72.3 Å². The van der Waals surface area contributed by atoms with E-state index in [9.17, 15) is 13.2 Å². The molecule has 4 aromatic rings. The van der Waals surface area contributed by atoms with Crippen LogP contribution in [0.15, 0.2) is 66.7 Å². The fourth-order valence-corrected chi connectivity index (χ4v) is 5.01. The van der Waals surface area contributed by atoms with Crippen LogP contribution in [0, 0.1) is 11.8 Å². The van der Waals surface area contributed by atoms with Crippen molar-refractivity contribution >= 4 is 37.3 Å². The van der Waals surface area contributed by atoms with Crippen molar-refractivity contribution in [3.05, 3.63) is 83.4 Å². The molecule has 0 aliphatic rings. The molecule has 0 aliphatic heterocycles. The number of ketones is 1. The van der Waals surface area contributed by atoms with Gasteiger partial charge in [0.1, 0.15) is 18.1 Å². The van der Waals surface area contributed by atoms with E-state index in [0.29, 0.717) is 16.7 Å². The van der Waals surface area contributed by atoms with E-state index >= 15 is 0 Å². The lowest BCUT2D eigenvalue weighted by molar-refractivity contribution is 0.104. The molecular weight excluding hydrogens is 484 g/mol. The fourth-order valence-electron chi connectivity index (χ4n) is 3.50. The number of fused-ring (bicyclic) bond motifs is 1. The first-order valence-electron chi connectivity index (χ1n) is 10.5. The summed E-state index contributed by atoms with van der Waals surface area (Å²) in [5.74, 6) is 6.85. The zero-order valence-electron chi connectivity index (χ0n) is 19.3. The minimum Gasteiger partial charge on any atom is -0.497 e. The highest BCUT2D eigenvalue weighted by molar-refractivity contribution is 7.86. The highest BCUT2D eigenvalue weighted by Crippen LogP contribution is 2.41. The third-order valence-corrected chi connectivity index (χ3v) is 6.95. The maximum absolute atomic E-state index is 13.7. The largest absolute Gasteiger partial charge is 0.497 e. The quantitative estimate of drug-likeness (QED) is 0.196. The number of methoxy groups -OCH3 is 2. The van der Waals surface area contributed by atoms with Crippen molar-refractivity contribution in [2.75, 3.05) is 27.1 Å². The average Bonchev–Trinajstić information content (AvgIpc) is 3.24. The van der Waals surface area contributed by atoms with Gasteiger partial charge in [-0.1, -0.05) is 11.8 Å². The molecule has 0 saturated heterocycles. The topological polar surface area (TPSA) is 78.9 Å². The summed E-state index contributed by atoms with van der Waals surface area (Å²) in [4.78, 5) is 14.6. The zero-order valence-corrected chi connectivity index (χ0v) is 21.0. The van der Waals surface area contributed by atoms with Gasteiger partial charge in [0.15, 0.2) is 5.78 Å². The van der Waals surface area contributed by atoms with Crippen LogP contribution in [-0.2, 0) is 14.3 Å². The Balaban J connectivity index is 1.71. The Kier molecular flexibility index (Phi) is 7.22. The van der Waals surface area contributed by atoms with E-state index in [1.807, 2.05) is 42.5 Å². The Morgan fingerprint density at radius 2 is 1.57 bits per heavy atom. The van der Waals surface area contributed by atoms with Crippen molar-refractivity contribution in [1.82, 2.24) is 0 Å². The molecule has 3 aromatic carbocycles. The minimum atomic E-state index is -3.54. The van der Waals surface area contributed by atoms with Gasteiger partial charge in [0, 0.05) is 31.7 Å². The number of thiophene rings is 1. The van der Waals surface area contributed by atoms with Crippen LogP contribution in [0.1, 0.15) is 21.5 Å². The van der Waals surface area contributed by atoms with Gasteiger partial charge in [0.25, 0.3) is 10.1 Å². The second-order valence-electron chi connectivity index (χ2n) is 7.57. The van der Waals surface area contributed by atoms with Gasteiger partial charge in [-0.15, -0.1) is 11.3 Å². The van der Waals surface area contributed by atoms with Gasteiger partial charge in [0.05, 0.1) is 20.5 Å². The second kappa shape index (κ2) is 10.3. The summed E-state index contributed by atoms with van der Waals surface area (Å²) in [6, 6.07) is 20.2. The lowest BCUT2D eigenvalue weighted by Crippen LogP contribution is -2.03. The van der Waals surface area contributed by atoms with Crippen LogP contribution < -0.4 is 9.47 Å². The van der Waals surface area contributed by atoms with E-state index in [2.05, 4.69) is 16.0 Å². The molecule has 0 spiro atoms. The van der Waals surface area contributed by atoms with Crippen LogP contribution in [0.2, 0.25) is 0 Å². The summed E-state index contributed by atoms with van der Waals surface area (Å²) < 4.78 is 38.3. The molecule has 1 aromatic heterocycles. The van der Waals surface area contributed by atoms with Gasteiger partial charge in [-0.2, -0.15) is 8.42 Å². The molecule has 0 radical (unpaired) electrons. The molecule has 0 aliphatic carbocycles. The molecule has 0 bridgehead atoms. The summed E-state index contributed by atoms with van der Waals surface area (Å²) in [5.41, 5.74) is 2.71. The number of hydrogen-bond acceptors (Lipinski definition) is 7. The lowest BCUT2D eigenvalue weighted by atomic mass is 9.97. The standard InChI is InChI=1S/C27H22O6S2/c1-31-21-12-10-20(11-13-21)27-25(23-15-14-22(32-2)17-24(23)34-27)26(28)19-8-6-18(7-9-19)5-4-16-33-35(3,29)30/h6-15,17H,16H2,1-3H3. The molecule has 0 unspecified atom stereocenters. The smallest absolute Gasteiger partial charge is 0.265 e. The zero-order chi connectivity index (χ0) is 25.0. The first-order chi connectivity index (χ1) is 16.8. The minimum absolute atomic E-state index is 0.104. The SMILES string of the molecule is COc1ccc(-c2sc3cc(OC)ccc3c2C(=O)c2ccc(C#CCOS(C)(=O)=O)cc2)cc1. The second-order valence-corrected chi connectivity index (χ2v) is 10.3. The highest BCUT2D eigenvalue weighted by Gasteiger charge is 2.22. The maximum atomic E-state index is 13.7. The highest BCUT2D eigenvalue weighted by atomic mass is 32.2. The molecule has 6 nitrogen and oxygen atoms in total. The summed E-state index contributed by atoms with van der Waals surface area (Å²) >= 11 is 1.53. The number of rotatable bonds is 7. The van der Waals surface area contributed by atoms with Crippen LogP contribution >= 0.6 is 11.3 Å². The molecule has 0 fully saturated rings. The molecule has 8 heteroatoms. The molecule has 1 heterocycles. The molecule has 0 atom stereocenters. The number of benzene rings is 3.